The van der Waals surface area contributed by atoms with Gasteiger partial charge < -0.3 is 10.2 Å². The summed E-state index contributed by atoms with van der Waals surface area (Å²) in [7, 11) is 1.77. The lowest BCUT2D eigenvalue weighted by molar-refractivity contribution is 0.0742. The molecule has 0 spiro atoms. The van der Waals surface area contributed by atoms with E-state index in [1.165, 1.54) is 0 Å². The third-order valence-electron chi connectivity index (χ3n) is 5.63. The number of nitrogens with zero attached hydrogens (tertiary/aromatic N) is 3. The van der Waals surface area contributed by atoms with Crippen molar-refractivity contribution in [3.05, 3.63) is 120 Å². The van der Waals surface area contributed by atoms with Crippen LogP contribution in [0.15, 0.2) is 97.3 Å². The van der Waals surface area contributed by atoms with Crippen LogP contribution >= 0.6 is 0 Å². The third-order valence-corrected chi connectivity index (χ3v) is 5.63. The molecule has 0 aliphatic rings. The molecule has 3 aromatic carbocycles. The smallest absolute Gasteiger partial charge is 0.257 e. The molecule has 0 aliphatic carbocycles. The van der Waals surface area contributed by atoms with Crippen molar-refractivity contribution in [3.63, 3.8) is 0 Å². The monoisotopic (exact) mass is 438 g/mol. The lowest BCUT2D eigenvalue weighted by atomic mass is 10.1. The molecule has 1 heterocycles. The minimum atomic E-state index is -0.191. The van der Waals surface area contributed by atoms with E-state index in [0.717, 1.165) is 11.1 Å². The first-order valence-electron chi connectivity index (χ1n) is 10.8. The zero-order chi connectivity index (χ0) is 23.2. The molecule has 0 fully saturated rings. The van der Waals surface area contributed by atoms with Gasteiger partial charge in [-0.25, -0.2) is 0 Å². The first-order chi connectivity index (χ1) is 16.0. The zero-order valence-electron chi connectivity index (χ0n) is 18.7. The van der Waals surface area contributed by atoms with Crippen molar-refractivity contribution >= 4 is 17.5 Å². The molecule has 0 unspecified atom stereocenters. The van der Waals surface area contributed by atoms with Crippen LogP contribution in [0.25, 0.3) is 0 Å². The molecule has 0 bridgehead atoms. The Morgan fingerprint density at radius 3 is 2.36 bits per heavy atom. The zero-order valence-corrected chi connectivity index (χ0v) is 18.7. The average Bonchev–Trinajstić information content (AvgIpc) is 3.32. The Kier molecular flexibility index (Phi) is 6.64. The number of benzene rings is 3. The Bertz CT molecular complexity index is 1240. The van der Waals surface area contributed by atoms with Gasteiger partial charge in [0.25, 0.3) is 11.8 Å². The first-order valence-corrected chi connectivity index (χ1v) is 10.8. The number of hydrogen-bond acceptors (Lipinski definition) is 3. The lowest BCUT2D eigenvalue weighted by Gasteiger charge is -2.25. The van der Waals surface area contributed by atoms with Gasteiger partial charge in [-0.05, 0) is 42.3 Å². The molecule has 6 heteroatoms. The number of carbonyl (C=O) groups excluding carboxylic acids is 2. The van der Waals surface area contributed by atoms with E-state index >= 15 is 0 Å². The summed E-state index contributed by atoms with van der Waals surface area (Å²) in [6.45, 7) is 2.57. The molecule has 33 heavy (non-hydrogen) atoms. The number of anilines is 1. The summed E-state index contributed by atoms with van der Waals surface area (Å²) in [5.74, 6) is -0.281. The van der Waals surface area contributed by atoms with Crippen molar-refractivity contribution in [2.24, 2.45) is 0 Å². The number of aromatic nitrogens is 2. The summed E-state index contributed by atoms with van der Waals surface area (Å²) in [6.07, 6.45) is 3.38. The van der Waals surface area contributed by atoms with Crippen molar-refractivity contribution in [3.8, 4) is 0 Å². The van der Waals surface area contributed by atoms with Gasteiger partial charge in [-0.3, -0.25) is 14.3 Å². The maximum absolute atomic E-state index is 13.1. The summed E-state index contributed by atoms with van der Waals surface area (Å²) in [5.41, 5.74) is 3.86. The summed E-state index contributed by atoms with van der Waals surface area (Å²) in [4.78, 5) is 27.2. The van der Waals surface area contributed by atoms with Crippen LogP contribution in [0.4, 0.5) is 5.69 Å². The topological polar surface area (TPSA) is 67.2 Å². The molecule has 6 nitrogen and oxygen atoms in total. The van der Waals surface area contributed by atoms with Gasteiger partial charge in [0.2, 0.25) is 0 Å². The first kappa shape index (κ1) is 22.0. The minimum Gasteiger partial charge on any atom is -0.335 e. The predicted octanol–water partition coefficient (Wildman–Crippen LogP) is 5.02. The van der Waals surface area contributed by atoms with E-state index in [0.29, 0.717) is 23.4 Å². The predicted molar refractivity (Wildman–Crippen MR) is 129 cm³/mol. The van der Waals surface area contributed by atoms with E-state index in [-0.39, 0.29) is 17.9 Å². The number of hydrogen-bond donors (Lipinski definition) is 1. The fourth-order valence-electron chi connectivity index (χ4n) is 3.60. The van der Waals surface area contributed by atoms with Crippen LogP contribution in [0, 0.1) is 0 Å². The van der Waals surface area contributed by atoms with Gasteiger partial charge in [-0.1, -0.05) is 60.7 Å². The highest BCUT2D eigenvalue weighted by atomic mass is 16.2. The molecule has 0 saturated carbocycles. The van der Waals surface area contributed by atoms with Crippen molar-refractivity contribution in [2.75, 3.05) is 12.4 Å². The Morgan fingerprint density at radius 2 is 1.64 bits per heavy atom. The van der Waals surface area contributed by atoms with Crippen LogP contribution in [0.1, 0.15) is 44.8 Å². The Hall–Kier alpha value is -4.19. The minimum absolute atomic E-state index is 0.111. The highest BCUT2D eigenvalue weighted by Crippen LogP contribution is 2.24. The van der Waals surface area contributed by atoms with Gasteiger partial charge in [-0.2, -0.15) is 5.10 Å². The summed E-state index contributed by atoms with van der Waals surface area (Å²) >= 11 is 0. The van der Waals surface area contributed by atoms with Crippen molar-refractivity contribution in [1.29, 1.82) is 0 Å². The second-order valence-electron chi connectivity index (χ2n) is 7.95. The highest BCUT2D eigenvalue weighted by Gasteiger charge is 2.21. The normalized spacial score (nSPS) is 11.6. The van der Waals surface area contributed by atoms with Gasteiger partial charge in [0.05, 0.1) is 24.3 Å². The Labute approximate surface area is 193 Å². The van der Waals surface area contributed by atoms with Gasteiger partial charge in [0.15, 0.2) is 0 Å². The quantitative estimate of drug-likeness (QED) is 0.441. The summed E-state index contributed by atoms with van der Waals surface area (Å²) in [6, 6.07) is 26.4. The van der Waals surface area contributed by atoms with Crippen LogP contribution in [0.5, 0.6) is 0 Å². The Morgan fingerprint density at radius 1 is 0.939 bits per heavy atom. The summed E-state index contributed by atoms with van der Waals surface area (Å²) < 4.78 is 1.76. The van der Waals surface area contributed by atoms with E-state index in [9.17, 15) is 9.59 Å². The molecule has 1 aromatic heterocycles. The molecule has 2 amide bonds. The standard InChI is InChI=1S/C27H26N4O2/c1-20(23-14-9-15-25(16-23)29-26(32)22-12-7-4-8-13-22)30(2)27(33)24-17-28-31(19-24)18-21-10-5-3-6-11-21/h3-17,19-20H,18H2,1-2H3,(H,29,32)/t20-/m1/s1. The maximum Gasteiger partial charge on any atom is 0.257 e. The number of amides is 2. The molecule has 0 aliphatic heterocycles. The van der Waals surface area contributed by atoms with Gasteiger partial charge in [0.1, 0.15) is 0 Å². The Balaban J connectivity index is 1.43. The highest BCUT2D eigenvalue weighted by molar-refractivity contribution is 6.04. The van der Waals surface area contributed by atoms with Gasteiger partial charge in [-0.15, -0.1) is 0 Å². The number of rotatable bonds is 7. The SMILES string of the molecule is C[C@H](c1cccc(NC(=O)c2ccccc2)c1)N(C)C(=O)c1cnn(Cc2ccccc2)c1. The van der Waals surface area contributed by atoms with Crippen LogP contribution < -0.4 is 5.32 Å². The summed E-state index contributed by atoms with van der Waals surface area (Å²) in [5, 5.41) is 7.27. The number of nitrogens with one attached hydrogen (secondary N) is 1. The van der Waals surface area contributed by atoms with E-state index in [4.69, 9.17) is 0 Å². The third kappa shape index (κ3) is 5.36. The second kappa shape index (κ2) is 9.96. The lowest BCUT2D eigenvalue weighted by Crippen LogP contribution is -2.29. The largest absolute Gasteiger partial charge is 0.335 e. The van der Waals surface area contributed by atoms with Crippen LogP contribution in [-0.4, -0.2) is 33.5 Å². The molecule has 4 aromatic rings. The molecule has 0 radical (unpaired) electrons. The molecule has 1 N–H and O–H groups in total. The van der Waals surface area contributed by atoms with E-state index in [2.05, 4.69) is 10.4 Å². The molecule has 166 valence electrons. The molecular formula is C27H26N4O2. The molecule has 4 rings (SSSR count). The van der Waals surface area contributed by atoms with Crippen molar-refractivity contribution < 1.29 is 9.59 Å². The van der Waals surface area contributed by atoms with Crippen molar-refractivity contribution in [1.82, 2.24) is 14.7 Å². The van der Waals surface area contributed by atoms with Crippen LogP contribution in [0.2, 0.25) is 0 Å². The van der Waals surface area contributed by atoms with E-state index < -0.39 is 0 Å². The molecule has 0 saturated heterocycles. The second-order valence-corrected chi connectivity index (χ2v) is 7.95. The van der Waals surface area contributed by atoms with Crippen LogP contribution in [0.3, 0.4) is 0 Å². The molecule has 1 atom stereocenters. The molecular weight excluding hydrogens is 412 g/mol. The fourth-order valence-corrected chi connectivity index (χ4v) is 3.60. The fraction of sp³-hybridized carbons (Fsp3) is 0.148. The number of carbonyl (C=O) groups is 2. The average molecular weight is 439 g/mol. The van der Waals surface area contributed by atoms with E-state index in [1.54, 1.807) is 41.2 Å². The van der Waals surface area contributed by atoms with E-state index in [1.807, 2.05) is 79.7 Å². The van der Waals surface area contributed by atoms with Crippen LogP contribution in [-0.2, 0) is 6.54 Å². The maximum atomic E-state index is 13.1. The van der Waals surface area contributed by atoms with Gasteiger partial charge in [0, 0.05) is 24.5 Å². The van der Waals surface area contributed by atoms with Gasteiger partial charge >= 0.3 is 0 Å². The van der Waals surface area contributed by atoms with Crippen molar-refractivity contribution in [2.45, 2.75) is 19.5 Å².